The van der Waals surface area contributed by atoms with Crippen molar-refractivity contribution in [2.45, 2.75) is 25.4 Å². The topological polar surface area (TPSA) is 29.5 Å². The fourth-order valence-electron chi connectivity index (χ4n) is 2.29. The van der Waals surface area contributed by atoms with Gasteiger partial charge in [-0.2, -0.15) is 0 Å². The van der Waals surface area contributed by atoms with Gasteiger partial charge in [0.05, 0.1) is 18.1 Å². The summed E-state index contributed by atoms with van der Waals surface area (Å²) < 4.78 is 6.02. The van der Waals surface area contributed by atoms with E-state index in [4.69, 9.17) is 4.74 Å². The molecule has 0 saturated heterocycles. The number of amides is 1. The Hall–Kier alpha value is -1.33. The molecule has 1 amide bonds. The summed E-state index contributed by atoms with van der Waals surface area (Å²) in [6.45, 7) is 0.699. The maximum absolute atomic E-state index is 12.8. The van der Waals surface area contributed by atoms with E-state index in [1.54, 1.807) is 18.4 Å². The zero-order valence-electron chi connectivity index (χ0n) is 11.7. The molecule has 1 aliphatic rings. The van der Waals surface area contributed by atoms with Crippen LogP contribution in [0, 0.1) is 0 Å². The molecule has 3 nitrogen and oxygen atoms in total. The molecular formula is C16H16BrNO2S. The maximum Gasteiger partial charge on any atom is 0.254 e. The van der Waals surface area contributed by atoms with Crippen LogP contribution < -0.4 is 4.74 Å². The van der Waals surface area contributed by atoms with E-state index in [2.05, 4.69) is 27.4 Å². The van der Waals surface area contributed by atoms with Gasteiger partial charge >= 0.3 is 0 Å². The van der Waals surface area contributed by atoms with Crippen molar-refractivity contribution < 1.29 is 9.53 Å². The van der Waals surface area contributed by atoms with Crippen LogP contribution in [0.15, 0.2) is 40.2 Å². The maximum atomic E-state index is 12.8. The van der Waals surface area contributed by atoms with Gasteiger partial charge in [0.15, 0.2) is 0 Å². The monoisotopic (exact) mass is 365 g/mol. The molecule has 0 bridgehead atoms. The fourth-order valence-corrected chi connectivity index (χ4v) is 3.53. The van der Waals surface area contributed by atoms with E-state index in [1.165, 1.54) is 4.88 Å². The van der Waals surface area contributed by atoms with Gasteiger partial charge in [-0.15, -0.1) is 11.3 Å². The molecule has 110 valence electrons. The van der Waals surface area contributed by atoms with Gasteiger partial charge in [0.25, 0.3) is 5.91 Å². The highest BCUT2D eigenvalue weighted by Crippen LogP contribution is 2.32. The lowest BCUT2D eigenvalue weighted by atomic mass is 10.2. The normalized spacial score (nSPS) is 14.0. The first-order valence-electron chi connectivity index (χ1n) is 6.86. The number of methoxy groups -OCH3 is 1. The zero-order chi connectivity index (χ0) is 14.8. The number of hydrogen-bond acceptors (Lipinski definition) is 3. The van der Waals surface area contributed by atoms with E-state index in [0.29, 0.717) is 18.2 Å². The summed E-state index contributed by atoms with van der Waals surface area (Å²) in [7, 11) is 1.62. The van der Waals surface area contributed by atoms with Crippen molar-refractivity contribution in [2.24, 2.45) is 0 Å². The molecule has 1 fully saturated rings. The van der Waals surface area contributed by atoms with Crippen LogP contribution in [0.25, 0.3) is 0 Å². The number of nitrogens with zero attached hydrogens (tertiary/aromatic N) is 1. The van der Waals surface area contributed by atoms with Crippen LogP contribution in [0.2, 0.25) is 0 Å². The highest BCUT2D eigenvalue weighted by atomic mass is 79.9. The van der Waals surface area contributed by atoms with Gasteiger partial charge in [-0.25, -0.2) is 0 Å². The molecule has 21 heavy (non-hydrogen) atoms. The lowest BCUT2D eigenvalue weighted by Crippen LogP contribution is -2.32. The SMILES string of the molecule is COc1ccc(C(=O)N(Cc2cccs2)C2CC2)cc1Br. The molecule has 0 radical (unpaired) electrons. The number of rotatable bonds is 5. The first-order valence-corrected chi connectivity index (χ1v) is 8.53. The van der Waals surface area contributed by atoms with Crippen molar-refractivity contribution in [1.82, 2.24) is 4.90 Å². The van der Waals surface area contributed by atoms with Crippen molar-refractivity contribution in [2.75, 3.05) is 7.11 Å². The Kier molecular flexibility index (Phi) is 4.31. The van der Waals surface area contributed by atoms with Gasteiger partial charge in [-0.05, 0) is 58.4 Å². The van der Waals surface area contributed by atoms with Crippen molar-refractivity contribution in [1.29, 1.82) is 0 Å². The summed E-state index contributed by atoms with van der Waals surface area (Å²) in [6, 6.07) is 9.99. The quantitative estimate of drug-likeness (QED) is 0.789. The number of carbonyl (C=O) groups is 1. The minimum Gasteiger partial charge on any atom is -0.496 e. The zero-order valence-corrected chi connectivity index (χ0v) is 14.1. The third kappa shape index (κ3) is 3.30. The molecule has 1 aromatic heterocycles. The average molecular weight is 366 g/mol. The summed E-state index contributed by atoms with van der Waals surface area (Å²) in [4.78, 5) is 16.0. The number of hydrogen-bond donors (Lipinski definition) is 0. The minimum atomic E-state index is 0.0919. The first-order chi connectivity index (χ1) is 10.2. The van der Waals surface area contributed by atoms with Crippen molar-refractivity contribution in [3.05, 3.63) is 50.6 Å². The molecule has 3 rings (SSSR count). The summed E-state index contributed by atoms with van der Waals surface area (Å²) in [5, 5.41) is 2.05. The van der Waals surface area contributed by atoms with E-state index in [1.807, 2.05) is 29.2 Å². The second-order valence-electron chi connectivity index (χ2n) is 5.09. The molecule has 1 saturated carbocycles. The average Bonchev–Trinajstić information content (AvgIpc) is 3.20. The third-order valence-electron chi connectivity index (χ3n) is 3.55. The standard InChI is InChI=1S/C16H16BrNO2S/c1-20-15-7-4-11(9-14(15)17)16(19)18(12-5-6-12)10-13-3-2-8-21-13/h2-4,7-9,12H,5-6,10H2,1H3. The van der Waals surface area contributed by atoms with E-state index < -0.39 is 0 Å². The Balaban J connectivity index is 1.82. The Labute approximate surface area is 136 Å². The van der Waals surface area contributed by atoms with E-state index in [-0.39, 0.29) is 5.91 Å². The van der Waals surface area contributed by atoms with Crippen LogP contribution >= 0.6 is 27.3 Å². The Morgan fingerprint density at radius 1 is 1.43 bits per heavy atom. The Bertz CT molecular complexity index is 638. The van der Waals surface area contributed by atoms with Crippen molar-refractivity contribution >= 4 is 33.2 Å². The first kappa shape index (κ1) is 14.6. The smallest absolute Gasteiger partial charge is 0.254 e. The summed E-state index contributed by atoms with van der Waals surface area (Å²) in [5.74, 6) is 0.831. The van der Waals surface area contributed by atoms with Gasteiger partial charge in [-0.3, -0.25) is 4.79 Å². The molecule has 5 heteroatoms. The van der Waals surface area contributed by atoms with Gasteiger partial charge in [0.1, 0.15) is 5.75 Å². The van der Waals surface area contributed by atoms with E-state index in [0.717, 1.165) is 23.1 Å². The molecule has 0 aliphatic heterocycles. The number of ether oxygens (including phenoxy) is 1. The minimum absolute atomic E-state index is 0.0919. The van der Waals surface area contributed by atoms with Gasteiger partial charge < -0.3 is 9.64 Å². The van der Waals surface area contributed by atoms with Gasteiger partial charge in [0, 0.05) is 16.5 Å². The number of halogens is 1. The second-order valence-corrected chi connectivity index (χ2v) is 6.98. The number of benzene rings is 1. The van der Waals surface area contributed by atoms with Crippen LogP contribution in [-0.4, -0.2) is 24.0 Å². The van der Waals surface area contributed by atoms with Gasteiger partial charge in [-0.1, -0.05) is 6.07 Å². The van der Waals surface area contributed by atoms with Crippen LogP contribution in [0.1, 0.15) is 28.1 Å². The molecule has 0 unspecified atom stereocenters. The second kappa shape index (κ2) is 6.20. The highest BCUT2D eigenvalue weighted by Gasteiger charge is 2.33. The molecular weight excluding hydrogens is 350 g/mol. The Morgan fingerprint density at radius 3 is 2.81 bits per heavy atom. The molecule has 0 atom stereocenters. The van der Waals surface area contributed by atoms with Crippen LogP contribution in [0.5, 0.6) is 5.75 Å². The molecule has 2 aromatic rings. The molecule has 0 spiro atoms. The van der Waals surface area contributed by atoms with E-state index >= 15 is 0 Å². The van der Waals surface area contributed by atoms with Crippen LogP contribution in [-0.2, 0) is 6.54 Å². The predicted octanol–water partition coefficient (Wildman–Crippen LogP) is 4.32. The lowest BCUT2D eigenvalue weighted by molar-refractivity contribution is 0.0731. The van der Waals surface area contributed by atoms with Crippen LogP contribution in [0.3, 0.4) is 0 Å². The fraction of sp³-hybridized carbons (Fsp3) is 0.312. The molecule has 1 aromatic carbocycles. The van der Waals surface area contributed by atoms with Gasteiger partial charge in [0.2, 0.25) is 0 Å². The highest BCUT2D eigenvalue weighted by molar-refractivity contribution is 9.10. The predicted molar refractivity (Wildman–Crippen MR) is 87.9 cm³/mol. The number of carbonyl (C=O) groups excluding carboxylic acids is 1. The largest absolute Gasteiger partial charge is 0.496 e. The van der Waals surface area contributed by atoms with Crippen LogP contribution in [0.4, 0.5) is 0 Å². The molecule has 0 N–H and O–H groups in total. The lowest BCUT2D eigenvalue weighted by Gasteiger charge is -2.22. The summed E-state index contributed by atoms with van der Waals surface area (Å²) in [5.41, 5.74) is 0.700. The Morgan fingerprint density at radius 2 is 2.24 bits per heavy atom. The third-order valence-corrected chi connectivity index (χ3v) is 5.03. The van der Waals surface area contributed by atoms with Crippen molar-refractivity contribution in [3.63, 3.8) is 0 Å². The molecule has 1 aliphatic carbocycles. The summed E-state index contributed by atoms with van der Waals surface area (Å²) in [6.07, 6.45) is 2.21. The molecule has 1 heterocycles. The number of thiophene rings is 1. The van der Waals surface area contributed by atoms with E-state index in [9.17, 15) is 4.79 Å². The summed E-state index contributed by atoms with van der Waals surface area (Å²) >= 11 is 5.14. The van der Waals surface area contributed by atoms with Crippen molar-refractivity contribution in [3.8, 4) is 5.75 Å².